The summed E-state index contributed by atoms with van der Waals surface area (Å²) in [5, 5.41) is 9.10. The van der Waals surface area contributed by atoms with E-state index < -0.39 is 11.5 Å². The SMILES string of the molecule is CCc1ccc(OCCCC(N)(CC)C(=O)O)c(OC)c1. The van der Waals surface area contributed by atoms with E-state index in [2.05, 4.69) is 6.92 Å². The summed E-state index contributed by atoms with van der Waals surface area (Å²) in [6, 6.07) is 5.82. The molecule has 0 heterocycles. The standard InChI is InChI=1S/C16H25NO4/c1-4-12-7-8-13(14(11-12)20-3)21-10-6-9-16(17,5-2)15(18)19/h7-8,11H,4-6,9-10,17H2,1-3H3,(H,18,19). The van der Waals surface area contributed by atoms with Gasteiger partial charge in [-0.3, -0.25) is 4.79 Å². The predicted octanol–water partition coefficient (Wildman–Crippen LogP) is 2.61. The van der Waals surface area contributed by atoms with Gasteiger partial charge in [0, 0.05) is 0 Å². The lowest BCUT2D eigenvalue weighted by Crippen LogP contribution is -2.47. The van der Waals surface area contributed by atoms with E-state index in [1.165, 1.54) is 5.56 Å². The van der Waals surface area contributed by atoms with Crippen LogP contribution in [0.3, 0.4) is 0 Å². The third kappa shape index (κ3) is 4.63. The largest absolute Gasteiger partial charge is 0.493 e. The molecular formula is C16H25NO4. The molecule has 1 atom stereocenters. The summed E-state index contributed by atoms with van der Waals surface area (Å²) in [4.78, 5) is 11.1. The van der Waals surface area contributed by atoms with Crippen LogP contribution in [-0.4, -0.2) is 30.3 Å². The van der Waals surface area contributed by atoms with Gasteiger partial charge >= 0.3 is 5.97 Å². The van der Waals surface area contributed by atoms with Gasteiger partial charge in [0.25, 0.3) is 0 Å². The third-order valence-electron chi connectivity index (χ3n) is 3.72. The van der Waals surface area contributed by atoms with Crippen LogP contribution in [0.25, 0.3) is 0 Å². The molecule has 0 bridgehead atoms. The molecule has 0 aliphatic carbocycles. The van der Waals surface area contributed by atoms with E-state index in [0.29, 0.717) is 37.4 Å². The van der Waals surface area contributed by atoms with Crippen molar-refractivity contribution >= 4 is 5.97 Å². The Morgan fingerprint density at radius 2 is 2.05 bits per heavy atom. The second-order valence-electron chi connectivity index (χ2n) is 5.11. The van der Waals surface area contributed by atoms with Crippen LogP contribution in [0.15, 0.2) is 18.2 Å². The molecule has 0 aromatic heterocycles. The van der Waals surface area contributed by atoms with Crippen LogP contribution in [0.5, 0.6) is 11.5 Å². The number of nitrogens with two attached hydrogens (primary N) is 1. The van der Waals surface area contributed by atoms with E-state index in [0.717, 1.165) is 6.42 Å². The molecular weight excluding hydrogens is 270 g/mol. The van der Waals surface area contributed by atoms with Crippen molar-refractivity contribution in [1.82, 2.24) is 0 Å². The maximum absolute atomic E-state index is 11.1. The molecule has 0 aliphatic heterocycles. The zero-order valence-electron chi connectivity index (χ0n) is 13.0. The Morgan fingerprint density at radius 1 is 1.33 bits per heavy atom. The highest BCUT2D eigenvalue weighted by Crippen LogP contribution is 2.28. The first-order chi connectivity index (χ1) is 9.96. The zero-order chi connectivity index (χ0) is 15.9. The van der Waals surface area contributed by atoms with E-state index in [1.54, 1.807) is 14.0 Å². The Morgan fingerprint density at radius 3 is 2.57 bits per heavy atom. The number of carboxylic acid groups (broad SMARTS) is 1. The fourth-order valence-corrected chi connectivity index (χ4v) is 2.06. The number of methoxy groups -OCH3 is 1. The fraction of sp³-hybridized carbons (Fsp3) is 0.562. The lowest BCUT2D eigenvalue weighted by Gasteiger charge is -2.22. The molecule has 1 rings (SSSR count). The Labute approximate surface area is 126 Å². The van der Waals surface area contributed by atoms with Crippen molar-refractivity contribution < 1.29 is 19.4 Å². The predicted molar refractivity (Wildman–Crippen MR) is 81.9 cm³/mol. The number of aliphatic carboxylic acids is 1. The van der Waals surface area contributed by atoms with Crippen LogP contribution >= 0.6 is 0 Å². The highest BCUT2D eigenvalue weighted by Gasteiger charge is 2.31. The van der Waals surface area contributed by atoms with Gasteiger partial charge in [0.2, 0.25) is 0 Å². The normalized spacial score (nSPS) is 13.5. The summed E-state index contributed by atoms with van der Waals surface area (Å²) in [6.07, 6.45) is 2.29. The van der Waals surface area contributed by atoms with Crippen molar-refractivity contribution in [3.8, 4) is 11.5 Å². The van der Waals surface area contributed by atoms with Crippen molar-refractivity contribution in [3.05, 3.63) is 23.8 Å². The van der Waals surface area contributed by atoms with Gasteiger partial charge in [-0.2, -0.15) is 0 Å². The first-order valence-electron chi connectivity index (χ1n) is 7.28. The fourth-order valence-electron chi connectivity index (χ4n) is 2.06. The number of ether oxygens (including phenoxy) is 2. The Hall–Kier alpha value is -1.75. The Balaban J connectivity index is 2.55. The minimum atomic E-state index is -1.17. The first kappa shape index (κ1) is 17.3. The van der Waals surface area contributed by atoms with E-state index >= 15 is 0 Å². The topological polar surface area (TPSA) is 81.8 Å². The van der Waals surface area contributed by atoms with Gasteiger partial charge in [0.15, 0.2) is 11.5 Å². The maximum atomic E-state index is 11.1. The van der Waals surface area contributed by atoms with Gasteiger partial charge in [-0.25, -0.2) is 0 Å². The zero-order valence-corrected chi connectivity index (χ0v) is 13.0. The molecule has 0 radical (unpaired) electrons. The number of hydrogen-bond donors (Lipinski definition) is 2. The quantitative estimate of drug-likeness (QED) is 0.684. The minimum Gasteiger partial charge on any atom is -0.493 e. The van der Waals surface area contributed by atoms with Gasteiger partial charge < -0.3 is 20.3 Å². The highest BCUT2D eigenvalue weighted by atomic mass is 16.5. The molecule has 0 saturated heterocycles. The summed E-state index contributed by atoms with van der Waals surface area (Å²) >= 11 is 0. The average Bonchev–Trinajstić information content (AvgIpc) is 2.50. The lowest BCUT2D eigenvalue weighted by molar-refractivity contribution is -0.143. The van der Waals surface area contributed by atoms with E-state index in [1.807, 2.05) is 18.2 Å². The summed E-state index contributed by atoms with van der Waals surface area (Å²) in [5.41, 5.74) is 5.84. The monoisotopic (exact) mass is 295 g/mol. The maximum Gasteiger partial charge on any atom is 0.323 e. The molecule has 1 aromatic rings. The molecule has 3 N–H and O–H groups in total. The number of carboxylic acids is 1. The molecule has 0 aliphatic rings. The second-order valence-corrected chi connectivity index (χ2v) is 5.11. The molecule has 5 heteroatoms. The molecule has 0 fully saturated rings. The molecule has 0 spiro atoms. The summed E-state index contributed by atoms with van der Waals surface area (Å²) < 4.78 is 11.0. The van der Waals surface area contributed by atoms with Crippen LogP contribution in [-0.2, 0) is 11.2 Å². The number of benzene rings is 1. The smallest absolute Gasteiger partial charge is 0.323 e. The summed E-state index contributed by atoms with van der Waals surface area (Å²) in [7, 11) is 1.61. The van der Waals surface area contributed by atoms with Crippen molar-refractivity contribution in [2.24, 2.45) is 5.73 Å². The molecule has 5 nitrogen and oxygen atoms in total. The van der Waals surface area contributed by atoms with Crippen LogP contribution in [0.4, 0.5) is 0 Å². The first-order valence-corrected chi connectivity index (χ1v) is 7.28. The molecule has 21 heavy (non-hydrogen) atoms. The highest BCUT2D eigenvalue weighted by molar-refractivity contribution is 5.78. The summed E-state index contributed by atoms with van der Waals surface area (Å²) in [5.74, 6) is 0.404. The Bertz CT molecular complexity index is 475. The molecule has 118 valence electrons. The molecule has 1 aromatic carbocycles. The Kier molecular flexibility index (Phi) is 6.49. The van der Waals surface area contributed by atoms with Gasteiger partial charge in [-0.05, 0) is 43.4 Å². The summed E-state index contributed by atoms with van der Waals surface area (Å²) in [6.45, 7) is 4.27. The average molecular weight is 295 g/mol. The van der Waals surface area contributed by atoms with Crippen molar-refractivity contribution in [1.29, 1.82) is 0 Å². The van der Waals surface area contributed by atoms with E-state index in [9.17, 15) is 4.79 Å². The van der Waals surface area contributed by atoms with Gasteiger partial charge in [-0.1, -0.05) is 19.9 Å². The number of hydrogen-bond acceptors (Lipinski definition) is 4. The number of carbonyl (C=O) groups is 1. The third-order valence-corrected chi connectivity index (χ3v) is 3.72. The van der Waals surface area contributed by atoms with Crippen molar-refractivity contribution in [2.45, 2.75) is 45.1 Å². The van der Waals surface area contributed by atoms with Gasteiger partial charge in [-0.15, -0.1) is 0 Å². The molecule has 1 unspecified atom stereocenters. The van der Waals surface area contributed by atoms with Crippen molar-refractivity contribution in [3.63, 3.8) is 0 Å². The van der Waals surface area contributed by atoms with Gasteiger partial charge in [0.1, 0.15) is 5.54 Å². The van der Waals surface area contributed by atoms with Crippen LogP contribution in [0.1, 0.15) is 38.7 Å². The van der Waals surface area contributed by atoms with Gasteiger partial charge in [0.05, 0.1) is 13.7 Å². The minimum absolute atomic E-state index is 0.383. The van der Waals surface area contributed by atoms with E-state index in [4.69, 9.17) is 20.3 Å². The van der Waals surface area contributed by atoms with Crippen LogP contribution < -0.4 is 15.2 Å². The molecule has 0 saturated carbocycles. The second kappa shape index (κ2) is 7.88. The molecule has 0 amide bonds. The van der Waals surface area contributed by atoms with E-state index in [-0.39, 0.29) is 0 Å². The van der Waals surface area contributed by atoms with Crippen LogP contribution in [0, 0.1) is 0 Å². The van der Waals surface area contributed by atoms with Crippen molar-refractivity contribution in [2.75, 3.05) is 13.7 Å². The number of rotatable bonds is 9. The van der Waals surface area contributed by atoms with Crippen LogP contribution in [0.2, 0.25) is 0 Å². The number of aryl methyl sites for hydroxylation is 1. The lowest BCUT2D eigenvalue weighted by atomic mass is 9.92.